The fourth-order valence-corrected chi connectivity index (χ4v) is 4.37. The van der Waals surface area contributed by atoms with E-state index < -0.39 is 18.2 Å². The average Bonchev–Trinajstić information content (AvgIpc) is 3.43. The number of amides is 2. The highest BCUT2D eigenvalue weighted by Crippen LogP contribution is 2.30. The first kappa shape index (κ1) is 26.5. The first-order valence-electron chi connectivity index (χ1n) is 12.9. The minimum atomic E-state index is -1.22. The summed E-state index contributed by atoms with van der Waals surface area (Å²) in [5.74, 6) is -0.663. The number of para-hydroxylation sites is 3. The van der Waals surface area contributed by atoms with Crippen molar-refractivity contribution in [2.45, 2.75) is 25.6 Å². The zero-order valence-electron chi connectivity index (χ0n) is 21.7. The van der Waals surface area contributed by atoms with Gasteiger partial charge in [0.15, 0.2) is 5.78 Å². The number of alkyl carbamates (subject to hydrolysis) is 1. The summed E-state index contributed by atoms with van der Waals surface area (Å²) in [5, 5.41) is 6.98. The van der Waals surface area contributed by atoms with Crippen molar-refractivity contribution in [3.63, 3.8) is 0 Å². The van der Waals surface area contributed by atoms with Gasteiger partial charge < -0.3 is 15.5 Å². The molecule has 1 atom stereocenters. The topological polar surface area (TPSA) is 112 Å². The van der Waals surface area contributed by atoms with E-state index in [0.717, 1.165) is 16.8 Å². The Balaban J connectivity index is 1.32. The maximum Gasteiger partial charge on any atom is 0.409 e. The summed E-state index contributed by atoms with van der Waals surface area (Å²) < 4.78 is 5.38. The SMILES string of the molecule is O=C(NC(C(=O)Nc1ccccc1C(=O)CCc1ccccc1)N1NNc2ccccc21)OCc1ccccc1. The van der Waals surface area contributed by atoms with Crippen LogP contribution < -0.4 is 26.6 Å². The third-order valence-electron chi connectivity index (χ3n) is 6.42. The molecule has 40 heavy (non-hydrogen) atoms. The number of ketones is 1. The Morgan fingerprint density at radius 1 is 0.775 bits per heavy atom. The number of ether oxygens (including phenoxy) is 1. The van der Waals surface area contributed by atoms with Crippen LogP contribution >= 0.6 is 0 Å². The van der Waals surface area contributed by atoms with E-state index in [1.165, 1.54) is 5.01 Å². The molecule has 5 rings (SSSR count). The molecule has 1 aliphatic rings. The summed E-state index contributed by atoms with van der Waals surface area (Å²) in [6.45, 7) is 0.0437. The van der Waals surface area contributed by atoms with Gasteiger partial charge in [-0.15, -0.1) is 5.53 Å². The van der Waals surface area contributed by atoms with Crippen molar-refractivity contribution in [3.8, 4) is 0 Å². The summed E-state index contributed by atoms with van der Waals surface area (Å²) in [6.07, 6.45) is -1.12. The molecule has 4 aromatic rings. The first-order valence-corrected chi connectivity index (χ1v) is 12.9. The van der Waals surface area contributed by atoms with Crippen LogP contribution in [0.3, 0.4) is 0 Å². The average molecular weight is 536 g/mol. The summed E-state index contributed by atoms with van der Waals surface area (Å²) >= 11 is 0. The molecule has 1 aliphatic heterocycles. The van der Waals surface area contributed by atoms with Crippen LogP contribution in [0.1, 0.15) is 27.9 Å². The van der Waals surface area contributed by atoms with Gasteiger partial charge in [0.05, 0.1) is 17.1 Å². The maximum absolute atomic E-state index is 13.7. The Hall–Kier alpha value is -5.15. The van der Waals surface area contributed by atoms with Crippen LogP contribution in [-0.2, 0) is 22.6 Å². The van der Waals surface area contributed by atoms with Crippen molar-refractivity contribution in [3.05, 3.63) is 126 Å². The van der Waals surface area contributed by atoms with Crippen molar-refractivity contribution < 1.29 is 19.1 Å². The number of aryl methyl sites for hydroxylation is 1. The number of carbonyl (C=O) groups is 3. The van der Waals surface area contributed by atoms with E-state index in [1.54, 1.807) is 30.3 Å². The van der Waals surface area contributed by atoms with Crippen LogP contribution in [0.2, 0.25) is 0 Å². The van der Waals surface area contributed by atoms with Crippen LogP contribution in [0.5, 0.6) is 0 Å². The van der Waals surface area contributed by atoms with Crippen LogP contribution in [-0.4, -0.2) is 23.9 Å². The number of carbonyl (C=O) groups excluding carboxylic acids is 3. The third kappa shape index (κ3) is 6.46. The number of nitrogens with one attached hydrogen (secondary N) is 4. The van der Waals surface area contributed by atoms with Crippen molar-refractivity contribution in [1.29, 1.82) is 0 Å². The first-order chi connectivity index (χ1) is 19.6. The molecule has 0 fully saturated rings. The number of fused-ring (bicyclic) bond motifs is 1. The lowest BCUT2D eigenvalue weighted by molar-refractivity contribution is -0.118. The van der Waals surface area contributed by atoms with Gasteiger partial charge in [0.1, 0.15) is 6.61 Å². The highest BCUT2D eigenvalue weighted by atomic mass is 16.5. The second-order valence-corrected chi connectivity index (χ2v) is 9.18. The maximum atomic E-state index is 13.7. The molecule has 0 aliphatic carbocycles. The molecular formula is C31H29N5O4. The van der Waals surface area contributed by atoms with E-state index in [9.17, 15) is 14.4 Å². The van der Waals surface area contributed by atoms with Crippen LogP contribution in [0.25, 0.3) is 0 Å². The lowest BCUT2D eigenvalue weighted by Crippen LogP contribution is -2.59. The number of rotatable bonds is 10. The minimum absolute atomic E-state index is 0.0437. The van der Waals surface area contributed by atoms with E-state index in [-0.39, 0.29) is 18.8 Å². The molecule has 0 bridgehead atoms. The Bertz CT molecular complexity index is 1480. The number of anilines is 3. The molecular weight excluding hydrogens is 506 g/mol. The molecule has 1 heterocycles. The molecule has 0 aromatic heterocycles. The quantitative estimate of drug-likeness (QED) is 0.210. The lowest BCUT2D eigenvalue weighted by Gasteiger charge is -2.28. The standard InChI is InChI=1S/C31H29N5O4/c37-28(20-19-22-11-3-1-4-12-22)24-15-7-8-16-25(24)32-30(38)29(36-27-18-10-9-17-26(27)34-35-36)33-31(39)40-21-23-13-5-2-6-14-23/h1-18,29,34-35H,19-21H2,(H,32,38)(H,33,39). The molecule has 4 N–H and O–H groups in total. The number of nitrogens with zero attached hydrogens (tertiary/aromatic N) is 1. The highest BCUT2D eigenvalue weighted by molar-refractivity contribution is 6.07. The number of hydrogen-bond acceptors (Lipinski definition) is 7. The molecule has 4 aromatic carbocycles. The zero-order chi connectivity index (χ0) is 27.7. The smallest absolute Gasteiger partial charge is 0.409 e. The minimum Gasteiger partial charge on any atom is -0.445 e. The van der Waals surface area contributed by atoms with Gasteiger partial charge in [-0.3, -0.25) is 19.9 Å². The van der Waals surface area contributed by atoms with Crippen molar-refractivity contribution in [1.82, 2.24) is 10.9 Å². The van der Waals surface area contributed by atoms with Gasteiger partial charge in [0.2, 0.25) is 6.17 Å². The summed E-state index contributed by atoms with van der Waals surface area (Å²) in [7, 11) is 0. The van der Waals surface area contributed by atoms with Crippen LogP contribution in [0.4, 0.5) is 21.9 Å². The third-order valence-corrected chi connectivity index (χ3v) is 6.42. The second-order valence-electron chi connectivity index (χ2n) is 9.18. The fraction of sp³-hybridized carbons (Fsp3) is 0.129. The molecule has 0 saturated carbocycles. The van der Waals surface area contributed by atoms with E-state index in [1.807, 2.05) is 78.9 Å². The van der Waals surface area contributed by atoms with Gasteiger partial charge in [-0.2, -0.15) is 0 Å². The second kappa shape index (κ2) is 12.6. The number of hydrazine groups is 2. The van der Waals surface area contributed by atoms with Gasteiger partial charge in [0.25, 0.3) is 5.91 Å². The highest BCUT2D eigenvalue weighted by Gasteiger charge is 2.33. The van der Waals surface area contributed by atoms with Gasteiger partial charge in [-0.05, 0) is 41.8 Å². The predicted octanol–water partition coefficient (Wildman–Crippen LogP) is 5.04. The molecule has 0 saturated heterocycles. The summed E-state index contributed by atoms with van der Waals surface area (Å²) in [5.41, 5.74) is 9.93. The van der Waals surface area contributed by atoms with E-state index in [2.05, 4.69) is 21.6 Å². The molecule has 202 valence electrons. The number of Topliss-reactive ketones (excluding diaryl/α,β-unsaturated/α-hetero) is 1. The molecule has 0 radical (unpaired) electrons. The Morgan fingerprint density at radius 3 is 2.20 bits per heavy atom. The van der Waals surface area contributed by atoms with E-state index in [0.29, 0.717) is 23.4 Å². The predicted molar refractivity (Wildman–Crippen MR) is 153 cm³/mol. The summed E-state index contributed by atoms with van der Waals surface area (Å²) in [4.78, 5) is 39.6. The molecule has 0 spiro atoms. The number of benzene rings is 4. The fourth-order valence-electron chi connectivity index (χ4n) is 4.37. The van der Waals surface area contributed by atoms with Gasteiger partial charge in [-0.1, -0.05) is 84.9 Å². The van der Waals surface area contributed by atoms with E-state index >= 15 is 0 Å². The van der Waals surface area contributed by atoms with Crippen molar-refractivity contribution >= 4 is 34.8 Å². The van der Waals surface area contributed by atoms with Crippen molar-refractivity contribution in [2.75, 3.05) is 15.8 Å². The largest absolute Gasteiger partial charge is 0.445 e. The van der Waals surface area contributed by atoms with Crippen molar-refractivity contribution in [2.24, 2.45) is 0 Å². The normalized spacial score (nSPS) is 12.6. The van der Waals surface area contributed by atoms with Crippen LogP contribution in [0, 0.1) is 0 Å². The van der Waals surface area contributed by atoms with Gasteiger partial charge in [0, 0.05) is 12.0 Å². The van der Waals surface area contributed by atoms with E-state index in [4.69, 9.17) is 4.74 Å². The zero-order valence-corrected chi connectivity index (χ0v) is 21.7. The molecule has 1 unspecified atom stereocenters. The monoisotopic (exact) mass is 535 g/mol. The Labute approximate surface area is 232 Å². The lowest BCUT2D eigenvalue weighted by atomic mass is 10.0. The van der Waals surface area contributed by atoms with Gasteiger partial charge in [-0.25, -0.2) is 4.79 Å². The molecule has 9 heteroatoms. The Kier molecular flexibility index (Phi) is 8.33. The molecule has 2 amide bonds. The summed E-state index contributed by atoms with van der Waals surface area (Å²) in [6, 6.07) is 33.2. The van der Waals surface area contributed by atoms with Gasteiger partial charge >= 0.3 is 6.09 Å². The molecule has 9 nitrogen and oxygen atoms in total. The number of hydrogen-bond donors (Lipinski definition) is 4. The Morgan fingerprint density at radius 2 is 1.43 bits per heavy atom. The van der Waals surface area contributed by atoms with Crippen LogP contribution in [0.15, 0.2) is 109 Å².